The Bertz CT molecular complexity index is 684. The van der Waals surface area contributed by atoms with E-state index in [1.807, 2.05) is 36.4 Å². The molecule has 0 aliphatic heterocycles. The van der Waals surface area contributed by atoms with Gasteiger partial charge in [0.25, 0.3) is 5.91 Å². The lowest BCUT2D eigenvalue weighted by molar-refractivity contribution is -0.142. The van der Waals surface area contributed by atoms with E-state index in [4.69, 9.17) is 4.74 Å². The summed E-state index contributed by atoms with van der Waals surface area (Å²) >= 11 is 6.68. The maximum Gasteiger partial charge on any atom is 0.328 e. The van der Waals surface area contributed by atoms with Gasteiger partial charge in [-0.15, -0.1) is 0 Å². The van der Waals surface area contributed by atoms with Crippen molar-refractivity contribution in [2.75, 3.05) is 7.11 Å². The number of hydrogen-bond acceptors (Lipinski definition) is 3. The van der Waals surface area contributed by atoms with E-state index in [1.165, 1.54) is 7.11 Å². The highest BCUT2D eigenvalue weighted by molar-refractivity contribution is 9.11. The van der Waals surface area contributed by atoms with Crippen LogP contribution in [0.2, 0.25) is 0 Å². The Morgan fingerprint density at radius 1 is 1.09 bits per heavy atom. The van der Waals surface area contributed by atoms with Gasteiger partial charge in [0.05, 0.1) is 7.11 Å². The topological polar surface area (TPSA) is 55.4 Å². The number of carbonyl (C=O) groups excluding carboxylic acids is 2. The summed E-state index contributed by atoms with van der Waals surface area (Å²) in [5.41, 5.74) is 1.40. The molecule has 0 spiro atoms. The minimum Gasteiger partial charge on any atom is -0.467 e. The molecule has 2 rings (SSSR count). The van der Waals surface area contributed by atoms with Crippen molar-refractivity contribution >= 4 is 43.7 Å². The van der Waals surface area contributed by atoms with Crippen molar-refractivity contribution in [3.8, 4) is 0 Å². The highest BCUT2D eigenvalue weighted by atomic mass is 79.9. The zero-order chi connectivity index (χ0) is 16.8. The number of benzene rings is 2. The summed E-state index contributed by atoms with van der Waals surface area (Å²) in [6.07, 6.45) is 0.369. The van der Waals surface area contributed by atoms with Gasteiger partial charge in [-0.25, -0.2) is 4.79 Å². The van der Waals surface area contributed by atoms with Crippen LogP contribution in [0, 0.1) is 0 Å². The molecule has 120 valence electrons. The number of rotatable bonds is 5. The molecule has 0 saturated carbocycles. The van der Waals surface area contributed by atoms with Crippen LogP contribution in [0.25, 0.3) is 0 Å². The maximum absolute atomic E-state index is 12.4. The Morgan fingerprint density at radius 2 is 1.70 bits per heavy atom. The smallest absolute Gasteiger partial charge is 0.328 e. The minimum atomic E-state index is -0.743. The summed E-state index contributed by atoms with van der Waals surface area (Å²) in [6, 6.07) is 13.9. The predicted octanol–water partition coefficient (Wildman–Crippen LogP) is 3.73. The number of esters is 1. The van der Waals surface area contributed by atoms with Crippen LogP contribution in [0.5, 0.6) is 0 Å². The van der Waals surface area contributed by atoms with Gasteiger partial charge >= 0.3 is 5.97 Å². The lowest BCUT2D eigenvalue weighted by Gasteiger charge is -2.17. The molecule has 0 aliphatic carbocycles. The molecule has 2 aromatic carbocycles. The number of amides is 1. The summed E-state index contributed by atoms with van der Waals surface area (Å²) < 4.78 is 6.34. The molecule has 4 nitrogen and oxygen atoms in total. The maximum atomic E-state index is 12.4. The first-order chi connectivity index (χ1) is 11.0. The molecule has 0 aromatic heterocycles. The van der Waals surface area contributed by atoms with Crippen LogP contribution in [0.4, 0.5) is 0 Å². The van der Waals surface area contributed by atoms with Crippen molar-refractivity contribution in [2.24, 2.45) is 0 Å². The first-order valence-electron chi connectivity index (χ1n) is 6.88. The average Bonchev–Trinajstić information content (AvgIpc) is 2.53. The molecule has 6 heteroatoms. The third-order valence-corrected chi connectivity index (χ3v) is 4.11. The van der Waals surface area contributed by atoms with E-state index in [0.29, 0.717) is 12.0 Å². The van der Waals surface area contributed by atoms with Crippen LogP contribution in [0.15, 0.2) is 57.5 Å². The van der Waals surface area contributed by atoms with E-state index in [2.05, 4.69) is 37.2 Å². The SMILES string of the molecule is COC(=O)[C@H](Cc1ccccc1)NC(=O)c1cc(Br)cc(Br)c1. The normalized spacial score (nSPS) is 11.6. The molecule has 0 heterocycles. The molecule has 2 aromatic rings. The number of methoxy groups -OCH3 is 1. The van der Waals surface area contributed by atoms with Crippen LogP contribution >= 0.6 is 31.9 Å². The van der Waals surface area contributed by atoms with Crippen LogP contribution in [-0.2, 0) is 16.0 Å². The predicted molar refractivity (Wildman–Crippen MR) is 95.3 cm³/mol. The molecule has 1 atom stereocenters. The molecule has 0 fully saturated rings. The molecular weight excluding hydrogens is 426 g/mol. The largest absolute Gasteiger partial charge is 0.467 e. The molecule has 0 bridgehead atoms. The van der Waals surface area contributed by atoms with E-state index >= 15 is 0 Å². The summed E-state index contributed by atoms with van der Waals surface area (Å²) in [6.45, 7) is 0. The molecule has 0 saturated heterocycles. The molecule has 1 N–H and O–H groups in total. The molecule has 1 amide bonds. The lowest BCUT2D eigenvalue weighted by atomic mass is 10.1. The van der Waals surface area contributed by atoms with Crippen molar-refractivity contribution in [1.29, 1.82) is 0 Å². The van der Waals surface area contributed by atoms with Crippen molar-refractivity contribution in [2.45, 2.75) is 12.5 Å². The number of carbonyl (C=O) groups is 2. The Hall–Kier alpha value is -1.66. The minimum absolute atomic E-state index is 0.335. The second-order valence-corrected chi connectivity index (χ2v) is 6.73. The average molecular weight is 441 g/mol. The van der Waals surface area contributed by atoms with Gasteiger partial charge in [-0.3, -0.25) is 4.79 Å². The fourth-order valence-corrected chi connectivity index (χ4v) is 3.41. The lowest BCUT2D eigenvalue weighted by Crippen LogP contribution is -2.43. The van der Waals surface area contributed by atoms with Crippen LogP contribution in [0.3, 0.4) is 0 Å². The van der Waals surface area contributed by atoms with E-state index in [-0.39, 0.29) is 5.91 Å². The van der Waals surface area contributed by atoms with Gasteiger partial charge in [-0.2, -0.15) is 0 Å². The van der Waals surface area contributed by atoms with Crippen molar-refractivity contribution in [3.63, 3.8) is 0 Å². The Morgan fingerprint density at radius 3 is 2.26 bits per heavy atom. The first-order valence-corrected chi connectivity index (χ1v) is 8.47. The Labute approximate surface area is 151 Å². The molecule has 0 unspecified atom stereocenters. The van der Waals surface area contributed by atoms with Gasteiger partial charge in [0, 0.05) is 20.9 Å². The van der Waals surface area contributed by atoms with E-state index in [0.717, 1.165) is 14.5 Å². The zero-order valence-corrected chi connectivity index (χ0v) is 15.6. The van der Waals surface area contributed by atoms with Crippen LogP contribution in [-0.4, -0.2) is 25.0 Å². The standard InChI is InChI=1S/C17H15Br2NO3/c1-23-17(22)15(7-11-5-3-2-4-6-11)20-16(21)12-8-13(18)10-14(19)9-12/h2-6,8-10,15H,7H2,1H3,(H,20,21)/t15-/m0/s1. The van der Waals surface area contributed by atoms with E-state index in [9.17, 15) is 9.59 Å². The van der Waals surface area contributed by atoms with Crippen LogP contribution in [0.1, 0.15) is 15.9 Å². The summed E-state index contributed by atoms with van der Waals surface area (Å²) in [4.78, 5) is 24.4. The van der Waals surface area contributed by atoms with Gasteiger partial charge < -0.3 is 10.1 Å². The number of halogens is 2. The van der Waals surface area contributed by atoms with E-state index < -0.39 is 12.0 Å². The van der Waals surface area contributed by atoms with Gasteiger partial charge in [-0.1, -0.05) is 62.2 Å². The highest BCUT2D eigenvalue weighted by Gasteiger charge is 2.22. The number of ether oxygens (including phenoxy) is 1. The number of hydrogen-bond donors (Lipinski definition) is 1. The first kappa shape index (κ1) is 17.7. The van der Waals surface area contributed by atoms with Crippen molar-refractivity contribution < 1.29 is 14.3 Å². The van der Waals surface area contributed by atoms with Crippen LogP contribution < -0.4 is 5.32 Å². The summed E-state index contributed by atoms with van der Waals surface area (Å²) in [7, 11) is 1.31. The fraction of sp³-hybridized carbons (Fsp3) is 0.176. The van der Waals surface area contributed by atoms with E-state index in [1.54, 1.807) is 12.1 Å². The van der Waals surface area contributed by atoms with Crippen molar-refractivity contribution in [1.82, 2.24) is 5.32 Å². The summed E-state index contributed by atoms with van der Waals surface area (Å²) in [5.74, 6) is -0.811. The van der Waals surface area contributed by atoms with Gasteiger partial charge in [0.1, 0.15) is 6.04 Å². The van der Waals surface area contributed by atoms with Gasteiger partial charge in [-0.05, 0) is 23.8 Å². The third-order valence-electron chi connectivity index (χ3n) is 3.20. The summed E-state index contributed by atoms with van der Waals surface area (Å²) in [5, 5.41) is 2.73. The Balaban J connectivity index is 2.17. The van der Waals surface area contributed by atoms with Crippen molar-refractivity contribution in [3.05, 3.63) is 68.6 Å². The molecule has 0 radical (unpaired) electrons. The zero-order valence-electron chi connectivity index (χ0n) is 12.4. The Kier molecular flexibility index (Phi) is 6.36. The molecule has 0 aliphatic rings. The molecular formula is C17H15Br2NO3. The number of nitrogens with one attached hydrogen (secondary N) is 1. The third kappa shape index (κ3) is 5.18. The highest BCUT2D eigenvalue weighted by Crippen LogP contribution is 2.20. The second-order valence-electron chi connectivity index (χ2n) is 4.90. The second kappa shape index (κ2) is 8.26. The quantitative estimate of drug-likeness (QED) is 0.720. The van der Waals surface area contributed by atoms with Gasteiger partial charge in [0.15, 0.2) is 0 Å². The monoisotopic (exact) mass is 439 g/mol. The van der Waals surface area contributed by atoms with Gasteiger partial charge in [0.2, 0.25) is 0 Å². The molecule has 23 heavy (non-hydrogen) atoms. The fourth-order valence-electron chi connectivity index (χ4n) is 2.11.